The molecule has 0 saturated heterocycles. The van der Waals surface area contributed by atoms with Crippen LogP contribution in [0, 0.1) is 0 Å². The molecule has 0 amide bonds. The van der Waals surface area contributed by atoms with E-state index in [4.69, 9.17) is 19.9 Å². The van der Waals surface area contributed by atoms with Crippen LogP contribution in [0.1, 0.15) is 31.0 Å². The summed E-state index contributed by atoms with van der Waals surface area (Å²) in [6, 6.07) is 17.3. The number of ether oxygens (including phenoxy) is 3. The molecule has 0 aromatic heterocycles. The second-order valence-electron chi connectivity index (χ2n) is 5.87. The van der Waals surface area contributed by atoms with E-state index in [1.807, 2.05) is 61.5 Å². The van der Waals surface area contributed by atoms with Gasteiger partial charge in [-0.15, -0.1) is 0 Å². The van der Waals surface area contributed by atoms with Gasteiger partial charge in [-0.05, 0) is 37.1 Å². The Hall–Kier alpha value is -2.37. The van der Waals surface area contributed by atoms with Crippen LogP contribution >= 0.6 is 0 Å². The molecule has 0 aliphatic heterocycles. The van der Waals surface area contributed by atoms with Crippen molar-refractivity contribution in [3.8, 4) is 5.75 Å². The average molecular weight is 357 g/mol. The van der Waals surface area contributed by atoms with Gasteiger partial charge in [0.15, 0.2) is 6.10 Å². The van der Waals surface area contributed by atoms with E-state index in [-0.39, 0.29) is 12.0 Å². The van der Waals surface area contributed by atoms with Gasteiger partial charge in [0.1, 0.15) is 12.4 Å². The molecule has 5 nitrogen and oxygen atoms in total. The SMILES string of the molecule is CCOC(=O)[C@H](Cc1ccc(OC[C@@H](N)c2ccccc2)cc1)OCC. The molecule has 140 valence electrons. The number of hydrogen-bond acceptors (Lipinski definition) is 5. The number of esters is 1. The zero-order chi connectivity index (χ0) is 18.8. The molecule has 0 aliphatic carbocycles. The third-order valence-electron chi connectivity index (χ3n) is 3.92. The van der Waals surface area contributed by atoms with E-state index in [2.05, 4.69) is 0 Å². The minimum absolute atomic E-state index is 0.179. The molecule has 0 radical (unpaired) electrons. The van der Waals surface area contributed by atoms with E-state index in [9.17, 15) is 4.79 Å². The second kappa shape index (κ2) is 10.6. The highest BCUT2D eigenvalue weighted by atomic mass is 16.6. The maximum atomic E-state index is 11.9. The summed E-state index contributed by atoms with van der Waals surface area (Å²) in [4.78, 5) is 11.9. The van der Waals surface area contributed by atoms with Gasteiger partial charge in [-0.25, -0.2) is 4.79 Å². The van der Waals surface area contributed by atoms with Gasteiger partial charge in [-0.2, -0.15) is 0 Å². The number of hydrogen-bond donors (Lipinski definition) is 1. The highest BCUT2D eigenvalue weighted by Crippen LogP contribution is 2.17. The molecule has 0 heterocycles. The van der Waals surface area contributed by atoms with Crippen LogP contribution in [0.15, 0.2) is 54.6 Å². The largest absolute Gasteiger partial charge is 0.492 e. The predicted molar refractivity (Wildman–Crippen MR) is 101 cm³/mol. The minimum Gasteiger partial charge on any atom is -0.492 e. The quantitative estimate of drug-likeness (QED) is 0.661. The molecule has 2 rings (SSSR count). The van der Waals surface area contributed by atoms with E-state index in [1.54, 1.807) is 6.92 Å². The molecule has 2 aromatic rings. The fraction of sp³-hybridized carbons (Fsp3) is 0.381. The van der Waals surface area contributed by atoms with Crippen LogP contribution in [0.4, 0.5) is 0 Å². The van der Waals surface area contributed by atoms with Crippen molar-refractivity contribution < 1.29 is 19.0 Å². The van der Waals surface area contributed by atoms with Gasteiger partial charge in [0.05, 0.1) is 12.6 Å². The maximum absolute atomic E-state index is 11.9. The Morgan fingerprint density at radius 3 is 2.31 bits per heavy atom. The Morgan fingerprint density at radius 1 is 1.00 bits per heavy atom. The maximum Gasteiger partial charge on any atom is 0.335 e. The third-order valence-corrected chi connectivity index (χ3v) is 3.92. The van der Waals surface area contributed by atoms with Crippen molar-refractivity contribution >= 4 is 5.97 Å². The van der Waals surface area contributed by atoms with Gasteiger partial charge < -0.3 is 19.9 Å². The summed E-state index contributed by atoms with van der Waals surface area (Å²) >= 11 is 0. The lowest BCUT2D eigenvalue weighted by Crippen LogP contribution is -2.29. The van der Waals surface area contributed by atoms with Crippen LogP contribution in [0.25, 0.3) is 0 Å². The van der Waals surface area contributed by atoms with E-state index in [0.717, 1.165) is 16.9 Å². The molecule has 26 heavy (non-hydrogen) atoms. The van der Waals surface area contributed by atoms with E-state index < -0.39 is 6.10 Å². The smallest absolute Gasteiger partial charge is 0.335 e. The summed E-state index contributed by atoms with van der Waals surface area (Å²) < 4.78 is 16.3. The Labute approximate surface area is 155 Å². The molecule has 0 saturated carbocycles. The summed E-state index contributed by atoms with van der Waals surface area (Å²) in [7, 11) is 0. The molecule has 5 heteroatoms. The van der Waals surface area contributed by atoms with Gasteiger partial charge >= 0.3 is 5.97 Å². The van der Waals surface area contributed by atoms with Crippen LogP contribution in [-0.4, -0.2) is 31.9 Å². The first kappa shape index (κ1) is 19.9. The molecule has 0 aliphatic rings. The molecule has 0 fully saturated rings. The van der Waals surface area contributed by atoms with E-state index >= 15 is 0 Å². The zero-order valence-electron chi connectivity index (χ0n) is 15.4. The standard InChI is InChI=1S/C21H27NO4/c1-3-24-20(21(23)25-4-2)14-16-10-12-18(13-11-16)26-15-19(22)17-8-6-5-7-9-17/h5-13,19-20H,3-4,14-15,22H2,1-2H3/t19-,20+/m1/s1. The second-order valence-corrected chi connectivity index (χ2v) is 5.87. The molecule has 0 unspecified atom stereocenters. The van der Waals surface area contributed by atoms with Gasteiger partial charge in [-0.3, -0.25) is 0 Å². The summed E-state index contributed by atoms with van der Waals surface area (Å²) in [6.07, 6.45) is -0.116. The normalized spacial score (nSPS) is 13.0. The van der Waals surface area contributed by atoms with Gasteiger partial charge in [0, 0.05) is 13.0 Å². The third kappa shape index (κ3) is 6.17. The summed E-state index contributed by atoms with van der Waals surface area (Å²) in [5.41, 5.74) is 8.16. The number of carbonyl (C=O) groups excluding carboxylic acids is 1. The van der Waals surface area contributed by atoms with Gasteiger partial charge in [0.25, 0.3) is 0 Å². The monoisotopic (exact) mass is 357 g/mol. The van der Waals surface area contributed by atoms with E-state index in [1.165, 1.54) is 0 Å². The molecular formula is C21H27NO4. The molecule has 2 atom stereocenters. The van der Waals surface area contributed by atoms with Gasteiger partial charge in [-0.1, -0.05) is 42.5 Å². The summed E-state index contributed by atoms with van der Waals surface area (Å²) in [5.74, 6) is 0.410. The van der Waals surface area contributed by atoms with Crippen molar-refractivity contribution in [2.45, 2.75) is 32.4 Å². The zero-order valence-corrected chi connectivity index (χ0v) is 15.4. The highest BCUT2D eigenvalue weighted by molar-refractivity contribution is 5.75. The van der Waals surface area contributed by atoms with Crippen molar-refractivity contribution in [1.29, 1.82) is 0 Å². The molecule has 2 aromatic carbocycles. The first-order valence-electron chi connectivity index (χ1n) is 8.94. The van der Waals surface area contributed by atoms with Crippen molar-refractivity contribution in [3.63, 3.8) is 0 Å². The lowest BCUT2D eigenvalue weighted by atomic mass is 10.1. The summed E-state index contributed by atoms with van der Waals surface area (Å²) in [5, 5.41) is 0. The Morgan fingerprint density at radius 2 is 1.69 bits per heavy atom. The van der Waals surface area contributed by atoms with Crippen molar-refractivity contribution in [3.05, 3.63) is 65.7 Å². The van der Waals surface area contributed by atoms with Crippen LogP contribution < -0.4 is 10.5 Å². The van der Waals surface area contributed by atoms with Crippen molar-refractivity contribution in [2.75, 3.05) is 19.8 Å². The molecular weight excluding hydrogens is 330 g/mol. The Balaban J connectivity index is 1.89. The molecule has 2 N–H and O–H groups in total. The topological polar surface area (TPSA) is 70.8 Å². The highest BCUT2D eigenvalue weighted by Gasteiger charge is 2.20. The lowest BCUT2D eigenvalue weighted by molar-refractivity contribution is -0.156. The Bertz CT molecular complexity index is 657. The summed E-state index contributed by atoms with van der Waals surface area (Å²) in [6.45, 7) is 4.85. The molecule has 0 spiro atoms. The van der Waals surface area contributed by atoms with Crippen LogP contribution in [0.5, 0.6) is 5.75 Å². The first-order chi connectivity index (χ1) is 12.6. The van der Waals surface area contributed by atoms with Crippen molar-refractivity contribution in [1.82, 2.24) is 0 Å². The first-order valence-corrected chi connectivity index (χ1v) is 8.94. The number of rotatable bonds is 10. The number of nitrogens with two attached hydrogens (primary N) is 1. The van der Waals surface area contributed by atoms with Crippen molar-refractivity contribution in [2.24, 2.45) is 5.73 Å². The van der Waals surface area contributed by atoms with Crippen LogP contribution in [0.3, 0.4) is 0 Å². The van der Waals surface area contributed by atoms with E-state index in [0.29, 0.717) is 26.2 Å². The number of carbonyl (C=O) groups is 1. The average Bonchev–Trinajstić information content (AvgIpc) is 2.67. The fourth-order valence-electron chi connectivity index (χ4n) is 2.56. The van der Waals surface area contributed by atoms with Crippen LogP contribution in [-0.2, 0) is 20.7 Å². The minimum atomic E-state index is -0.585. The fourth-order valence-corrected chi connectivity index (χ4v) is 2.56. The van der Waals surface area contributed by atoms with Gasteiger partial charge in [0.2, 0.25) is 0 Å². The lowest BCUT2D eigenvalue weighted by Gasteiger charge is -2.16. The molecule has 0 bridgehead atoms. The predicted octanol–water partition coefficient (Wildman–Crippen LogP) is 3.28. The number of benzene rings is 2. The van der Waals surface area contributed by atoms with Crippen LogP contribution in [0.2, 0.25) is 0 Å². The Kier molecular flexibility index (Phi) is 8.12.